The van der Waals surface area contributed by atoms with Gasteiger partial charge in [0.25, 0.3) is 0 Å². The van der Waals surface area contributed by atoms with Crippen LogP contribution in [0, 0.1) is 0 Å². The summed E-state index contributed by atoms with van der Waals surface area (Å²) in [6.07, 6.45) is 5.32. The van der Waals surface area contributed by atoms with E-state index < -0.39 is 0 Å². The highest BCUT2D eigenvalue weighted by Gasteiger charge is 2.03. The molecule has 1 rings (SSSR count). The van der Waals surface area contributed by atoms with E-state index in [2.05, 4.69) is 61.7 Å². The Morgan fingerprint density at radius 1 is 1.24 bits per heavy atom. The smallest absolute Gasteiger partial charge is 0.0237 e. The van der Waals surface area contributed by atoms with E-state index in [0.717, 1.165) is 26.1 Å². The molecule has 92 valence electrons. The Labute approximate surface area is 105 Å². The highest BCUT2D eigenvalue weighted by molar-refractivity contribution is 5.14. The first-order valence-electron chi connectivity index (χ1n) is 6.23. The SMILES string of the molecule is C=CCCN(CC=C(C)C)Cc1ccccc1. The third-order valence-electron chi connectivity index (χ3n) is 2.66. The molecule has 0 radical (unpaired) electrons. The zero-order chi connectivity index (χ0) is 12.5. The fourth-order valence-corrected chi connectivity index (χ4v) is 1.66. The van der Waals surface area contributed by atoms with Crippen molar-refractivity contribution in [1.82, 2.24) is 4.90 Å². The molecule has 0 saturated heterocycles. The molecule has 0 atom stereocenters. The summed E-state index contributed by atoms with van der Waals surface area (Å²) in [6.45, 7) is 11.2. The number of nitrogens with zero attached hydrogens (tertiary/aromatic N) is 1. The summed E-state index contributed by atoms with van der Waals surface area (Å²) in [5.41, 5.74) is 2.75. The van der Waals surface area contributed by atoms with Crippen molar-refractivity contribution in [3.63, 3.8) is 0 Å². The molecule has 1 heteroatoms. The molecule has 1 nitrogen and oxygen atoms in total. The maximum Gasteiger partial charge on any atom is 0.0237 e. The Balaban J connectivity index is 2.56. The van der Waals surface area contributed by atoms with Crippen molar-refractivity contribution in [1.29, 1.82) is 0 Å². The molecule has 0 heterocycles. The minimum atomic E-state index is 1.01. The summed E-state index contributed by atoms with van der Waals surface area (Å²) < 4.78 is 0. The molecule has 0 fully saturated rings. The number of allylic oxidation sites excluding steroid dienone is 1. The zero-order valence-corrected chi connectivity index (χ0v) is 11.0. The molecule has 1 aromatic rings. The summed E-state index contributed by atoms with van der Waals surface area (Å²) in [6, 6.07) is 10.6. The second kappa shape index (κ2) is 7.86. The number of benzene rings is 1. The fourth-order valence-electron chi connectivity index (χ4n) is 1.66. The van der Waals surface area contributed by atoms with Crippen LogP contribution in [-0.4, -0.2) is 18.0 Å². The van der Waals surface area contributed by atoms with Crippen molar-refractivity contribution in [2.45, 2.75) is 26.8 Å². The van der Waals surface area contributed by atoms with Crippen LogP contribution in [0.2, 0.25) is 0 Å². The van der Waals surface area contributed by atoms with Crippen molar-refractivity contribution in [3.05, 3.63) is 60.2 Å². The predicted molar refractivity (Wildman–Crippen MR) is 76.0 cm³/mol. The van der Waals surface area contributed by atoms with Crippen LogP contribution in [0.3, 0.4) is 0 Å². The number of hydrogen-bond donors (Lipinski definition) is 0. The van der Waals surface area contributed by atoms with Crippen LogP contribution < -0.4 is 0 Å². The predicted octanol–water partition coefficient (Wildman–Crippen LogP) is 4.03. The van der Waals surface area contributed by atoms with Gasteiger partial charge in [-0.1, -0.05) is 48.1 Å². The molecule has 1 aromatic carbocycles. The monoisotopic (exact) mass is 229 g/mol. The average molecular weight is 229 g/mol. The molecule has 0 amide bonds. The van der Waals surface area contributed by atoms with Crippen LogP contribution in [0.5, 0.6) is 0 Å². The van der Waals surface area contributed by atoms with Crippen molar-refractivity contribution >= 4 is 0 Å². The second-order valence-corrected chi connectivity index (χ2v) is 4.58. The lowest BCUT2D eigenvalue weighted by molar-refractivity contribution is 0.300. The summed E-state index contributed by atoms with van der Waals surface area (Å²) in [7, 11) is 0. The first kappa shape index (κ1) is 13.7. The number of rotatable bonds is 7. The molecule has 0 aromatic heterocycles. The lowest BCUT2D eigenvalue weighted by Gasteiger charge is -2.20. The van der Waals surface area contributed by atoms with Crippen LogP contribution in [0.4, 0.5) is 0 Å². The van der Waals surface area contributed by atoms with E-state index in [1.165, 1.54) is 11.1 Å². The molecule has 0 spiro atoms. The molecule has 0 unspecified atom stereocenters. The fraction of sp³-hybridized carbons (Fsp3) is 0.375. The van der Waals surface area contributed by atoms with E-state index in [1.807, 2.05) is 6.08 Å². The quantitative estimate of drug-likeness (QED) is 0.638. The Morgan fingerprint density at radius 3 is 2.53 bits per heavy atom. The van der Waals surface area contributed by atoms with Gasteiger partial charge in [-0.3, -0.25) is 4.90 Å². The Hall–Kier alpha value is -1.34. The third-order valence-corrected chi connectivity index (χ3v) is 2.66. The minimum Gasteiger partial charge on any atom is -0.295 e. The van der Waals surface area contributed by atoms with Gasteiger partial charge in [0.2, 0.25) is 0 Å². The first-order chi connectivity index (χ1) is 8.22. The molecule has 0 aliphatic rings. The number of hydrogen-bond acceptors (Lipinski definition) is 1. The van der Waals surface area contributed by atoms with Crippen LogP contribution in [0.25, 0.3) is 0 Å². The van der Waals surface area contributed by atoms with Crippen molar-refractivity contribution in [3.8, 4) is 0 Å². The maximum absolute atomic E-state index is 3.79. The maximum atomic E-state index is 3.79. The Kier molecular flexibility index (Phi) is 6.34. The minimum absolute atomic E-state index is 1.01. The van der Waals surface area contributed by atoms with E-state index >= 15 is 0 Å². The first-order valence-corrected chi connectivity index (χ1v) is 6.23. The molecule has 0 bridgehead atoms. The van der Waals surface area contributed by atoms with Gasteiger partial charge in [0, 0.05) is 19.6 Å². The summed E-state index contributed by atoms with van der Waals surface area (Å²) in [4.78, 5) is 2.45. The van der Waals surface area contributed by atoms with Crippen molar-refractivity contribution in [2.75, 3.05) is 13.1 Å². The summed E-state index contributed by atoms with van der Waals surface area (Å²) in [5, 5.41) is 0. The van der Waals surface area contributed by atoms with Crippen LogP contribution in [0.1, 0.15) is 25.8 Å². The van der Waals surface area contributed by atoms with Gasteiger partial charge in [0.05, 0.1) is 0 Å². The standard InChI is InChI=1S/C16H23N/c1-4-5-12-17(13-11-15(2)3)14-16-9-7-6-8-10-16/h4,6-11H,1,5,12-14H2,2-3H3. The van der Waals surface area contributed by atoms with Crippen LogP contribution in [0.15, 0.2) is 54.6 Å². The van der Waals surface area contributed by atoms with Crippen molar-refractivity contribution in [2.24, 2.45) is 0 Å². The Bertz CT molecular complexity index is 347. The lowest BCUT2D eigenvalue weighted by Crippen LogP contribution is -2.24. The molecule has 0 saturated carbocycles. The molecule has 17 heavy (non-hydrogen) atoms. The lowest BCUT2D eigenvalue weighted by atomic mass is 10.2. The van der Waals surface area contributed by atoms with E-state index in [9.17, 15) is 0 Å². The largest absolute Gasteiger partial charge is 0.295 e. The van der Waals surface area contributed by atoms with Gasteiger partial charge in [-0.15, -0.1) is 6.58 Å². The van der Waals surface area contributed by atoms with Crippen molar-refractivity contribution < 1.29 is 0 Å². The summed E-state index contributed by atoms with van der Waals surface area (Å²) >= 11 is 0. The van der Waals surface area contributed by atoms with Gasteiger partial charge in [-0.05, 0) is 25.8 Å². The molecular weight excluding hydrogens is 206 g/mol. The van der Waals surface area contributed by atoms with E-state index in [1.54, 1.807) is 0 Å². The zero-order valence-electron chi connectivity index (χ0n) is 11.0. The highest BCUT2D eigenvalue weighted by Crippen LogP contribution is 2.06. The van der Waals surface area contributed by atoms with Gasteiger partial charge < -0.3 is 0 Å². The van der Waals surface area contributed by atoms with Gasteiger partial charge >= 0.3 is 0 Å². The molecule has 0 aliphatic carbocycles. The van der Waals surface area contributed by atoms with Gasteiger partial charge in [0.15, 0.2) is 0 Å². The third kappa shape index (κ3) is 6.08. The van der Waals surface area contributed by atoms with Crippen LogP contribution in [-0.2, 0) is 6.54 Å². The van der Waals surface area contributed by atoms with Gasteiger partial charge in [0.1, 0.15) is 0 Å². The second-order valence-electron chi connectivity index (χ2n) is 4.58. The molecular formula is C16H23N. The topological polar surface area (TPSA) is 3.24 Å². The van der Waals surface area contributed by atoms with Gasteiger partial charge in [-0.25, -0.2) is 0 Å². The highest BCUT2D eigenvalue weighted by atomic mass is 15.1. The van der Waals surface area contributed by atoms with E-state index in [0.29, 0.717) is 0 Å². The van der Waals surface area contributed by atoms with Gasteiger partial charge in [-0.2, -0.15) is 0 Å². The Morgan fingerprint density at radius 2 is 1.94 bits per heavy atom. The van der Waals surface area contributed by atoms with Crippen LogP contribution >= 0.6 is 0 Å². The van der Waals surface area contributed by atoms with E-state index in [4.69, 9.17) is 0 Å². The molecule has 0 aliphatic heterocycles. The average Bonchev–Trinajstić information content (AvgIpc) is 2.34. The molecule has 0 N–H and O–H groups in total. The normalized spacial score (nSPS) is 10.3. The summed E-state index contributed by atoms with van der Waals surface area (Å²) in [5.74, 6) is 0. The van der Waals surface area contributed by atoms with E-state index in [-0.39, 0.29) is 0 Å².